The van der Waals surface area contributed by atoms with Crippen molar-refractivity contribution < 1.29 is 9.53 Å². The highest BCUT2D eigenvalue weighted by Gasteiger charge is 2.20. The Morgan fingerprint density at radius 2 is 1.85 bits per heavy atom. The molecule has 0 spiro atoms. The average molecular weight is 267 g/mol. The Hall–Kier alpha value is -2.13. The Balaban J connectivity index is 1.67. The first-order chi connectivity index (χ1) is 9.84. The van der Waals surface area contributed by atoms with Gasteiger partial charge in [-0.15, -0.1) is 0 Å². The van der Waals surface area contributed by atoms with Crippen molar-refractivity contribution in [2.45, 2.75) is 12.5 Å². The van der Waals surface area contributed by atoms with E-state index in [9.17, 15) is 4.79 Å². The molecule has 0 aliphatic carbocycles. The van der Waals surface area contributed by atoms with Crippen LogP contribution in [0.15, 0.2) is 54.6 Å². The second kappa shape index (κ2) is 5.88. The van der Waals surface area contributed by atoms with Crippen molar-refractivity contribution in [3.63, 3.8) is 0 Å². The first-order valence-electron chi connectivity index (χ1n) is 6.87. The van der Waals surface area contributed by atoms with Crippen molar-refractivity contribution in [2.75, 3.05) is 13.2 Å². The summed E-state index contributed by atoms with van der Waals surface area (Å²) >= 11 is 0. The van der Waals surface area contributed by atoms with E-state index in [1.165, 1.54) is 11.1 Å². The lowest BCUT2D eigenvalue weighted by Crippen LogP contribution is -2.31. The summed E-state index contributed by atoms with van der Waals surface area (Å²) in [6, 6.07) is 17.5. The van der Waals surface area contributed by atoms with E-state index in [0.29, 0.717) is 18.7 Å². The highest BCUT2D eigenvalue weighted by molar-refractivity contribution is 5.94. The molecule has 1 heterocycles. The minimum absolute atomic E-state index is 0.0485. The number of carbonyl (C=O) groups excluding carboxylic acids is 1. The van der Waals surface area contributed by atoms with Crippen molar-refractivity contribution in [3.8, 4) is 0 Å². The van der Waals surface area contributed by atoms with E-state index in [0.717, 1.165) is 6.42 Å². The van der Waals surface area contributed by atoms with Gasteiger partial charge in [-0.05, 0) is 29.7 Å². The number of ether oxygens (including phenoxy) is 1. The van der Waals surface area contributed by atoms with Gasteiger partial charge in [0.2, 0.25) is 0 Å². The zero-order chi connectivity index (χ0) is 13.8. The molecule has 0 aromatic heterocycles. The molecule has 3 heteroatoms. The predicted octanol–water partition coefficient (Wildman–Crippen LogP) is 2.73. The number of hydrogen-bond donors (Lipinski definition) is 1. The number of hydrogen-bond acceptors (Lipinski definition) is 2. The molecule has 0 fully saturated rings. The lowest BCUT2D eigenvalue weighted by atomic mass is 9.97. The van der Waals surface area contributed by atoms with Crippen LogP contribution in [0.1, 0.15) is 27.6 Å². The van der Waals surface area contributed by atoms with Crippen molar-refractivity contribution in [2.24, 2.45) is 0 Å². The van der Waals surface area contributed by atoms with E-state index < -0.39 is 0 Å². The van der Waals surface area contributed by atoms with Crippen LogP contribution in [0.25, 0.3) is 0 Å². The summed E-state index contributed by atoms with van der Waals surface area (Å²) in [5, 5.41) is 2.95. The topological polar surface area (TPSA) is 38.3 Å². The minimum atomic E-state index is -0.0581. The van der Waals surface area contributed by atoms with Crippen LogP contribution in [-0.2, 0) is 11.2 Å². The first-order valence-corrected chi connectivity index (χ1v) is 6.87. The van der Waals surface area contributed by atoms with Crippen molar-refractivity contribution in [3.05, 3.63) is 71.3 Å². The van der Waals surface area contributed by atoms with Crippen LogP contribution in [0.4, 0.5) is 0 Å². The summed E-state index contributed by atoms with van der Waals surface area (Å²) in [6.45, 7) is 1.22. The molecule has 1 aliphatic heterocycles. The second-order valence-corrected chi connectivity index (χ2v) is 4.88. The lowest BCUT2D eigenvalue weighted by Gasteiger charge is -2.26. The molecular weight excluding hydrogens is 250 g/mol. The van der Waals surface area contributed by atoms with Crippen molar-refractivity contribution in [1.82, 2.24) is 5.32 Å². The van der Waals surface area contributed by atoms with Gasteiger partial charge in [0.25, 0.3) is 5.91 Å². The van der Waals surface area contributed by atoms with Crippen LogP contribution < -0.4 is 5.32 Å². The maximum atomic E-state index is 12.0. The number of amides is 1. The average Bonchev–Trinajstić information content (AvgIpc) is 2.53. The van der Waals surface area contributed by atoms with Gasteiger partial charge in [-0.2, -0.15) is 0 Å². The van der Waals surface area contributed by atoms with E-state index in [-0.39, 0.29) is 12.0 Å². The van der Waals surface area contributed by atoms with Gasteiger partial charge in [0.1, 0.15) is 6.10 Å². The lowest BCUT2D eigenvalue weighted by molar-refractivity contribution is 0.0411. The molecule has 102 valence electrons. The van der Waals surface area contributed by atoms with Crippen LogP contribution in [0.3, 0.4) is 0 Å². The molecule has 0 unspecified atom stereocenters. The van der Waals surface area contributed by atoms with Gasteiger partial charge >= 0.3 is 0 Å². The molecule has 1 amide bonds. The number of fused-ring (bicyclic) bond motifs is 1. The molecule has 0 bridgehead atoms. The van der Waals surface area contributed by atoms with E-state index in [4.69, 9.17) is 4.74 Å². The van der Waals surface area contributed by atoms with E-state index in [2.05, 4.69) is 17.4 Å². The second-order valence-electron chi connectivity index (χ2n) is 4.88. The molecule has 1 atom stereocenters. The summed E-state index contributed by atoms with van der Waals surface area (Å²) in [5.74, 6) is -0.0581. The molecule has 20 heavy (non-hydrogen) atoms. The van der Waals surface area contributed by atoms with Crippen LogP contribution >= 0.6 is 0 Å². The van der Waals surface area contributed by atoms with Gasteiger partial charge in [0, 0.05) is 12.1 Å². The molecular formula is C17H17NO2. The van der Waals surface area contributed by atoms with E-state index >= 15 is 0 Å². The number of benzene rings is 2. The molecule has 3 nitrogen and oxygen atoms in total. The smallest absolute Gasteiger partial charge is 0.251 e. The summed E-state index contributed by atoms with van der Waals surface area (Å²) in [5.41, 5.74) is 3.18. The Kier molecular flexibility index (Phi) is 3.79. The Morgan fingerprint density at radius 3 is 2.70 bits per heavy atom. The molecule has 2 aromatic rings. The third-order valence-corrected chi connectivity index (χ3v) is 3.58. The van der Waals surface area contributed by atoms with Gasteiger partial charge in [-0.25, -0.2) is 0 Å². The summed E-state index contributed by atoms with van der Waals surface area (Å²) in [6.07, 6.45) is 0.895. The Labute approximate surface area is 118 Å². The van der Waals surface area contributed by atoms with Gasteiger partial charge in [-0.1, -0.05) is 42.5 Å². The largest absolute Gasteiger partial charge is 0.371 e. The zero-order valence-corrected chi connectivity index (χ0v) is 11.2. The normalized spacial score (nSPS) is 17.3. The number of nitrogens with one attached hydrogen (secondary N) is 1. The molecule has 1 N–H and O–H groups in total. The van der Waals surface area contributed by atoms with Crippen molar-refractivity contribution >= 4 is 5.91 Å². The SMILES string of the molecule is O=C(NC[C@H]1OCCc2ccccc21)c1ccccc1. The summed E-state index contributed by atoms with van der Waals surface area (Å²) < 4.78 is 5.78. The fraction of sp³-hybridized carbons (Fsp3) is 0.235. The third kappa shape index (κ3) is 2.73. The fourth-order valence-corrected chi connectivity index (χ4v) is 2.52. The van der Waals surface area contributed by atoms with Crippen molar-refractivity contribution in [1.29, 1.82) is 0 Å². The quantitative estimate of drug-likeness (QED) is 0.928. The van der Waals surface area contributed by atoms with Gasteiger partial charge in [0.05, 0.1) is 6.61 Å². The van der Waals surface area contributed by atoms with Crippen LogP contribution in [0.2, 0.25) is 0 Å². The Bertz CT molecular complexity index is 595. The number of carbonyl (C=O) groups is 1. The first kappa shape index (κ1) is 12.9. The van der Waals surface area contributed by atoms with Gasteiger partial charge in [-0.3, -0.25) is 4.79 Å². The Morgan fingerprint density at radius 1 is 1.10 bits per heavy atom. The maximum absolute atomic E-state index is 12.0. The molecule has 0 radical (unpaired) electrons. The van der Waals surface area contributed by atoms with Gasteiger partial charge < -0.3 is 10.1 Å². The fourth-order valence-electron chi connectivity index (χ4n) is 2.52. The maximum Gasteiger partial charge on any atom is 0.251 e. The molecule has 1 aliphatic rings. The predicted molar refractivity (Wildman–Crippen MR) is 77.6 cm³/mol. The van der Waals surface area contributed by atoms with E-state index in [1.54, 1.807) is 0 Å². The molecule has 3 rings (SSSR count). The summed E-state index contributed by atoms with van der Waals surface area (Å²) in [4.78, 5) is 12.0. The van der Waals surface area contributed by atoms with Crippen LogP contribution in [0.5, 0.6) is 0 Å². The van der Waals surface area contributed by atoms with Gasteiger partial charge in [0.15, 0.2) is 0 Å². The van der Waals surface area contributed by atoms with Crippen LogP contribution in [0, 0.1) is 0 Å². The molecule has 0 saturated heterocycles. The molecule has 0 saturated carbocycles. The standard InChI is InChI=1S/C17H17NO2/c19-17(14-7-2-1-3-8-14)18-12-16-15-9-5-4-6-13(15)10-11-20-16/h1-9,16H,10-12H2,(H,18,19)/t16-/m1/s1. The molecule has 2 aromatic carbocycles. The number of rotatable bonds is 3. The zero-order valence-electron chi connectivity index (χ0n) is 11.2. The minimum Gasteiger partial charge on any atom is -0.371 e. The summed E-state index contributed by atoms with van der Waals surface area (Å²) in [7, 11) is 0. The van der Waals surface area contributed by atoms with Crippen LogP contribution in [-0.4, -0.2) is 19.1 Å². The monoisotopic (exact) mass is 267 g/mol. The highest BCUT2D eigenvalue weighted by atomic mass is 16.5. The van der Waals surface area contributed by atoms with E-state index in [1.807, 2.05) is 42.5 Å². The third-order valence-electron chi connectivity index (χ3n) is 3.58. The highest BCUT2D eigenvalue weighted by Crippen LogP contribution is 2.26.